The molecule has 2 atom stereocenters. The van der Waals surface area contributed by atoms with Crippen molar-refractivity contribution in [2.24, 2.45) is 5.92 Å². The van der Waals surface area contributed by atoms with Gasteiger partial charge in [-0.15, -0.1) is 4.80 Å². The number of likely N-dealkylation sites (tertiary alicyclic amines) is 1. The minimum Gasteiger partial charge on any atom is -0.335 e. The number of carbonyl (C=O) groups is 1. The number of amides is 1. The Kier molecular flexibility index (Phi) is 6.39. The minimum atomic E-state index is -4.49. The molecule has 1 aliphatic heterocycles. The van der Waals surface area contributed by atoms with Gasteiger partial charge in [-0.2, -0.15) is 23.4 Å². The summed E-state index contributed by atoms with van der Waals surface area (Å²) in [4.78, 5) is 24.0. The number of rotatable bonds is 5. The van der Waals surface area contributed by atoms with Gasteiger partial charge in [0, 0.05) is 31.4 Å². The van der Waals surface area contributed by atoms with Crippen LogP contribution in [0.15, 0.2) is 43.0 Å². The van der Waals surface area contributed by atoms with Crippen molar-refractivity contribution in [3.63, 3.8) is 0 Å². The number of alkyl halides is 3. The van der Waals surface area contributed by atoms with E-state index in [2.05, 4.69) is 20.2 Å². The Morgan fingerprint density at radius 1 is 1.15 bits per heavy atom. The maximum absolute atomic E-state index is 14.6. The van der Waals surface area contributed by atoms with Crippen LogP contribution in [0.3, 0.4) is 0 Å². The average Bonchev–Trinajstić information content (AvgIpc) is 3.31. The Bertz CT molecular complexity index is 1100. The van der Waals surface area contributed by atoms with E-state index in [1.807, 2.05) is 6.92 Å². The molecule has 0 N–H and O–H groups in total. The molecule has 0 unspecified atom stereocenters. The molecular formula is C22H22F4N6O. The number of aromatic nitrogens is 5. The largest absolute Gasteiger partial charge is 0.419 e. The van der Waals surface area contributed by atoms with E-state index in [0.717, 1.165) is 30.0 Å². The molecule has 1 aromatic carbocycles. The highest BCUT2D eigenvalue weighted by Crippen LogP contribution is 2.30. The predicted octanol–water partition coefficient (Wildman–Crippen LogP) is 4.09. The zero-order valence-corrected chi connectivity index (χ0v) is 17.8. The van der Waals surface area contributed by atoms with Gasteiger partial charge < -0.3 is 4.90 Å². The van der Waals surface area contributed by atoms with Crippen molar-refractivity contribution in [2.45, 2.75) is 44.8 Å². The van der Waals surface area contributed by atoms with E-state index in [1.54, 1.807) is 11.0 Å². The highest BCUT2D eigenvalue weighted by atomic mass is 19.4. The molecule has 0 spiro atoms. The molecule has 2 aromatic heterocycles. The van der Waals surface area contributed by atoms with E-state index < -0.39 is 17.6 Å². The minimum absolute atomic E-state index is 0.0180. The van der Waals surface area contributed by atoms with Crippen LogP contribution in [0, 0.1) is 11.7 Å². The van der Waals surface area contributed by atoms with E-state index in [-0.39, 0.29) is 34.9 Å². The monoisotopic (exact) mass is 462 g/mol. The topological polar surface area (TPSA) is 76.8 Å². The summed E-state index contributed by atoms with van der Waals surface area (Å²) in [6.07, 6.45) is 2.33. The lowest BCUT2D eigenvalue weighted by Crippen LogP contribution is -2.48. The molecule has 33 heavy (non-hydrogen) atoms. The Morgan fingerprint density at radius 2 is 1.85 bits per heavy atom. The molecule has 11 heteroatoms. The second-order valence-corrected chi connectivity index (χ2v) is 8.06. The van der Waals surface area contributed by atoms with Crippen LogP contribution in [0.5, 0.6) is 0 Å². The maximum Gasteiger partial charge on any atom is 0.419 e. The quantitative estimate of drug-likeness (QED) is 0.534. The zero-order valence-electron chi connectivity index (χ0n) is 17.8. The fourth-order valence-corrected chi connectivity index (χ4v) is 4.23. The first kappa shape index (κ1) is 22.8. The van der Waals surface area contributed by atoms with E-state index in [0.29, 0.717) is 19.4 Å². The van der Waals surface area contributed by atoms with Gasteiger partial charge in [-0.25, -0.2) is 14.4 Å². The summed E-state index contributed by atoms with van der Waals surface area (Å²) in [6, 6.07) is 4.06. The lowest BCUT2D eigenvalue weighted by Gasteiger charge is -2.40. The predicted molar refractivity (Wildman–Crippen MR) is 110 cm³/mol. The Labute approximate surface area is 187 Å². The summed E-state index contributed by atoms with van der Waals surface area (Å²) in [5.74, 6) is -0.527. The van der Waals surface area contributed by atoms with E-state index in [1.165, 1.54) is 24.5 Å². The fraction of sp³-hybridized carbons (Fsp3) is 0.409. The van der Waals surface area contributed by atoms with Crippen molar-refractivity contribution in [3.05, 3.63) is 65.8 Å². The SMILES string of the molecule is C[C@@H]1CCCN(C(=O)c2cccc(F)c2-n2nccn2)[C@@H]1CCc1ncc(C(F)(F)F)cn1. The summed E-state index contributed by atoms with van der Waals surface area (Å²) >= 11 is 0. The van der Waals surface area contributed by atoms with Crippen molar-refractivity contribution >= 4 is 5.91 Å². The summed E-state index contributed by atoms with van der Waals surface area (Å²) in [5.41, 5.74) is -0.772. The molecule has 1 amide bonds. The Hall–Kier alpha value is -3.37. The molecule has 7 nitrogen and oxygen atoms in total. The molecule has 0 aliphatic carbocycles. The molecule has 3 heterocycles. The molecule has 3 aromatic rings. The van der Waals surface area contributed by atoms with Crippen molar-refractivity contribution in [1.29, 1.82) is 0 Å². The average molecular weight is 462 g/mol. The molecule has 174 valence electrons. The van der Waals surface area contributed by atoms with Gasteiger partial charge in [-0.3, -0.25) is 4.79 Å². The first-order valence-corrected chi connectivity index (χ1v) is 10.6. The number of hydrogen-bond acceptors (Lipinski definition) is 5. The van der Waals surface area contributed by atoms with Crippen LogP contribution in [0.25, 0.3) is 5.69 Å². The van der Waals surface area contributed by atoms with Gasteiger partial charge in [0.15, 0.2) is 5.82 Å². The van der Waals surface area contributed by atoms with Crippen LogP contribution in [0.1, 0.15) is 47.9 Å². The van der Waals surface area contributed by atoms with Crippen molar-refractivity contribution in [1.82, 2.24) is 29.9 Å². The van der Waals surface area contributed by atoms with Gasteiger partial charge in [-0.05, 0) is 37.3 Å². The summed E-state index contributed by atoms with van der Waals surface area (Å²) in [5, 5.41) is 7.94. The highest BCUT2D eigenvalue weighted by molar-refractivity contribution is 5.98. The van der Waals surface area contributed by atoms with Crippen LogP contribution in [-0.4, -0.2) is 48.4 Å². The zero-order chi connectivity index (χ0) is 23.6. The number of carbonyl (C=O) groups excluding carboxylic acids is 1. The van der Waals surface area contributed by atoms with Crippen LogP contribution in [-0.2, 0) is 12.6 Å². The lowest BCUT2D eigenvalue weighted by molar-refractivity contribution is -0.138. The highest BCUT2D eigenvalue weighted by Gasteiger charge is 2.34. The van der Waals surface area contributed by atoms with Crippen LogP contribution >= 0.6 is 0 Å². The summed E-state index contributed by atoms with van der Waals surface area (Å²) in [7, 11) is 0. The molecular weight excluding hydrogens is 440 g/mol. The maximum atomic E-state index is 14.6. The third-order valence-corrected chi connectivity index (χ3v) is 5.91. The smallest absolute Gasteiger partial charge is 0.335 e. The number of para-hydroxylation sites is 1. The van der Waals surface area contributed by atoms with Gasteiger partial charge in [0.2, 0.25) is 0 Å². The van der Waals surface area contributed by atoms with Gasteiger partial charge in [-0.1, -0.05) is 13.0 Å². The van der Waals surface area contributed by atoms with E-state index >= 15 is 0 Å². The van der Waals surface area contributed by atoms with Crippen molar-refractivity contribution in [2.75, 3.05) is 6.54 Å². The first-order chi connectivity index (χ1) is 15.8. The van der Waals surface area contributed by atoms with E-state index in [4.69, 9.17) is 0 Å². The Morgan fingerprint density at radius 3 is 2.52 bits per heavy atom. The number of piperidine rings is 1. The van der Waals surface area contributed by atoms with Crippen LogP contribution in [0.4, 0.5) is 17.6 Å². The van der Waals surface area contributed by atoms with Gasteiger partial charge in [0.05, 0.1) is 23.5 Å². The normalized spacial score (nSPS) is 19.0. The standard InChI is InChI=1S/C22H22F4N6O/c1-14-4-3-11-31(18(14)7-8-19-27-12-15(13-28-19)22(24,25)26)21(33)16-5-2-6-17(23)20(16)32-29-9-10-30-32/h2,5-6,9-10,12-14,18H,3-4,7-8,11H2,1H3/t14-,18-/m1/s1. The van der Waals surface area contributed by atoms with Crippen LogP contribution in [0.2, 0.25) is 0 Å². The summed E-state index contributed by atoms with van der Waals surface area (Å²) < 4.78 is 52.9. The first-order valence-electron chi connectivity index (χ1n) is 10.6. The van der Waals surface area contributed by atoms with Gasteiger partial charge in [0.25, 0.3) is 5.91 Å². The molecule has 4 rings (SSSR count). The molecule has 1 aliphatic rings. The number of halogens is 4. The Balaban J connectivity index is 1.56. The number of aryl methyl sites for hydroxylation is 1. The number of hydrogen-bond donors (Lipinski definition) is 0. The van der Waals surface area contributed by atoms with Gasteiger partial charge >= 0.3 is 6.18 Å². The number of benzene rings is 1. The number of nitrogens with zero attached hydrogens (tertiary/aromatic N) is 6. The van der Waals surface area contributed by atoms with Crippen molar-refractivity contribution in [3.8, 4) is 5.69 Å². The molecule has 1 fully saturated rings. The molecule has 0 radical (unpaired) electrons. The van der Waals surface area contributed by atoms with Crippen molar-refractivity contribution < 1.29 is 22.4 Å². The van der Waals surface area contributed by atoms with Crippen LogP contribution < -0.4 is 0 Å². The third kappa shape index (κ3) is 4.86. The summed E-state index contributed by atoms with van der Waals surface area (Å²) in [6.45, 7) is 2.52. The van der Waals surface area contributed by atoms with E-state index in [9.17, 15) is 22.4 Å². The second kappa shape index (κ2) is 9.24. The molecule has 1 saturated heterocycles. The second-order valence-electron chi connectivity index (χ2n) is 8.06. The molecule has 0 bridgehead atoms. The lowest BCUT2D eigenvalue weighted by atomic mass is 9.87. The molecule has 0 saturated carbocycles. The fourth-order valence-electron chi connectivity index (χ4n) is 4.23. The third-order valence-electron chi connectivity index (χ3n) is 5.91. The van der Waals surface area contributed by atoms with Gasteiger partial charge in [0.1, 0.15) is 11.5 Å².